The van der Waals surface area contributed by atoms with Crippen LogP contribution in [-0.2, 0) is 4.79 Å². The summed E-state index contributed by atoms with van der Waals surface area (Å²) in [5.41, 5.74) is -0.551. The monoisotopic (exact) mass is 176 g/mol. The van der Waals surface area contributed by atoms with Gasteiger partial charge in [0, 0.05) is 6.42 Å². The minimum Gasteiger partial charge on any atom is -0.294 e. The van der Waals surface area contributed by atoms with E-state index in [9.17, 15) is 18.0 Å². The number of hydrogen-bond donors (Lipinski definition) is 0. The molecule has 0 heterocycles. The van der Waals surface area contributed by atoms with Crippen molar-refractivity contribution in [2.45, 2.75) is 19.5 Å². The van der Waals surface area contributed by atoms with Crippen LogP contribution in [0.5, 0.6) is 0 Å². The third kappa shape index (κ3) is 1.75. The Hall–Kier alpha value is -1.06. The average Bonchev–Trinajstić information content (AvgIpc) is 1.92. The van der Waals surface area contributed by atoms with Gasteiger partial charge in [0.15, 0.2) is 5.78 Å². The van der Waals surface area contributed by atoms with Crippen molar-refractivity contribution in [1.82, 2.24) is 0 Å². The fraction of sp³-hybridized carbons (Fsp3) is 0.375. The van der Waals surface area contributed by atoms with Gasteiger partial charge < -0.3 is 0 Å². The first-order chi connectivity index (χ1) is 5.41. The van der Waals surface area contributed by atoms with Gasteiger partial charge in [-0.1, -0.05) is 11.6 Å². The van der Waals surface area contributed by atoms with Gasteiger partial charge >= 0.3 is 6.18 Å². The van der Waals surface area contributed by atoms with Crippen LogP contribution in [0.4, 0.5) is 13.2 Å². The van der Waals surface area contributed by atoms with E-state index in [4.69, 9.17) is 0 Å². The minimum absolute atomic E-state index is 0.142. The van der Waals surface area contributed by atoms with E-state index >= 15 is 0 Å². The molecule has 4 heteroatoms. The highest BCUT2D eigenvalue weighted by molar-refractivity contribution is 5.99. The van der Waals surface area contributed by atoms with Crippen LogP contribution >= 0.6 is 0 Å². The molecule has 0 saturated carbocycles. The lowest BCUT2D eigenvalue weighted by molar-refractivity contribution is -0.128. The molecule has 0 fully saturated rings. The van der Waals surface area contributed by atoms with Crippen molar-refractivity contribution in [2.75, 3.05) is 0 Å². The largest absolute Gasteiger partial charge is 0.419 e. The zero-order valence-corrected chi connectivity index (χ0v) is 6.40. The van der Waals surface area contributed by atoms with Gasteiger partial charge in [-0.25, -0.2) is 0 Å². The lowest BCUT2D eigenvalue weighted by Crippen LogP contribution is -2.21. The molecule has 0 bridgehead atoms. The number of rotatable bonds is 0. The number of halogens is 3. The standard InChI is InChI=1S/C8H7F3O/c1-5-2-3-7(12)6(4-5)8(9,10)11/h2,4H,3H2,1H3. The Labute approximate surface area is 67.6 Å². The summed E-state index contributed by atoms with van der Waals surface area (Å²) < 4.78 is 36.1. The third-order valence-corrected chi connectivity index (χ3v) is 1.59. The number of allylic oxidation sites excluding steroid dienone is 4. The summed E-state index contributed by atoms with van der Waals surface area (Å²) >= 11 is 0. The summed E-state index contributed by atoms with van der Waals surface area (Å²) in [5.74, 6) is -0.854. The zero-order valence-electron chi connectivity index (χ0n) is 6.40. The topological polar surface area (TPSA) is 17.1 Å². The second-order valence-corrected chi connectivity index (χ2v) is 2.63. The van der Waals surface area contributed by atoms with E-state index in [0.29, 0.717) is 5.57 Å². The fourth-order valence-corrected chi connectivity index (χ4v) is 0.971. The van der Waals surface area contributed by atoms with Gasteiger partial charge in [0.1, 0.15) is 0 Å². The fourth-order valence-electron chi connectivity index (χ4n) is 0.971. The molecule has 0 N–H and O–H groups in total. The Morgan fingerprint density at radius 3 is 2.42 bits per heavy atom. The van der Waals surface area contributed by atoms with Crippen LogP contribution in [0.15, 0.2) is 23.3 Å². The molecule has 0 aromatic heterocycles. The van der Waals surface area contributed by atoms with Gasteiger partial charge in [0.2, 0.25) is 0 Å². The highest BCUT2D eigenvalue weighted by Crippen LogP contribution is 2.30. The van der Waals surface area contributed by atoms with Crippen LogP contribution in [-0.4, -0.2) is 12.0 Å². The van der Waals surface area contributed by atoms with Gasteiger partial charge in [-0.3, -0.25) is 4.79 Å². The number of carbonyl (C=O) groups excluding carboxylic acids is 1. The number of ketones is 1. The Balaban J connectivity index is 3.02. The molecule has 0 aromatic rings. The third-order valence-electron chi connectivity index (χ3n) is 1.59. The van der Waals surface area contributed by atoms with E-state index in [1.807, 2.05) is 0 Å². The molecule has 0 radical (unpaired) electrons. The summed E-state index contributed by atoms with van der Waals surface area (Å²) in [4.78, 5) is 10.8. The summed E-state index contributed by atoms with van der Waals surface area (Å²) in [6.45, 7) is 1.54. The van der Waals surface area contributed by atoms with Crippen molar-refractivity contribution >= 4 is 5.78 Å². The Morgan fingerprint density at radius 2 is 2.00 bits per heavy atom. The molecule has 12 heavy (non-hydrogen) atoms. The molecule has 0 saturated heterocycles. The predicted octanol–water partition coefficient (Wildman–Crippen LogP) is 2.39. The van der Waals surface area contributed by atoms with Crippen molar-refractivity contribution in [1.29, 1.82) is 0 Å². The molecule has 0 aromatic carbocycles. The number of alkyl halides is 3. The molecule has 1 nitrogen and oxygen atoms in total. The first-order valence-corrected chi connectivity index (χ1v) is 3.40. The minimum atomic E-state index is -4.51. The summed E-state index contributed by atoms with van der Waals surface area (Å²) in [7, 11) is 0. The van der Waals surface area contributed by atoms with Crippen molar-refractivity contribution < 1.29 is 18.0 Å². The molecule has 0 atom stereocenters. The van der Waals surface area contributed by atoms with Crippen LogP contribution in [0.1, 0.15) is 13.3 Å². The molecule has 0 spiro atoms. The molecule has 1 rings (SSSR count). The van der Waals surface area contributed by atoms with Crippen LogP contribution < -0.4 is 0 Å². The number of carbonyl (C=O) groups is 1. The van der Waals surface area contributed by atoms with E-state index in [1.165, 1.54) is 13.0 Å². The van der Waals surface area contributed by atoms with Gasteiger partial charge in [-0.2, -0.15) is 13.2 Å². The summed E-state index contributed by atoms with van der Waals surface area (Å²) in [5, 5.41) is 0. The molecule has 66 valence electrons. The maximum Gasteiger partial charge on any atom is 0.419 e. The molecular weight excluding hydrogens is 169 g/mol. The predicted molar refractivity (Wildman–Crippen MR) is 37.5 cm³/mol. The highest BCUT2D eigenvalue weighted by Gasteiger charge is 2.38. The van der Waals surface area contributed by atoms with Crippen LogP contribution in [0, 0.1) is 0 Å². The van der Waals surface area contributed by atoms with Gasteiger partial charge in [-0.15, -0.1) is 0 Å². The van der Waals surface area contributed by atoms with Crippen LogP contribution in [0.2, 0.25) is 0 Å². The molecular formula is C8H7F3O. The number of Topliss-reactive ketones (excluding diaryl/α,β-unsaturated/α-hetero) is 1. The van der Waals surface area contributed by atoms with Crippen LogP contribution in [0.25, 0.3) is 0 Å². The molecule has 1 aliphatic rings. The average molecular weight is 176 g/mol. The van der Waals surface area contributed by atoms with Crippen molar-refractivity contribution in [3.05, 3.63) is 23.3 Å². The van der Waals surface area contributed by atoms with E-state index < -0.39 is 17.5 Å². The highest BCUT2D eigenvalue weighted by atomic mass is 19.4. The Morgan fingerprint density at radius 1 is 1.42 bits per heavy atom. The second-order valence-electron chi connectivity index (χ2n) is 2.63. The lowest BCUT2D eigenvalue weighted by atomic mass is 9.99. The van der Waals surface area contributed by atoms with Crippen LogP contribution in [0.3, 0.4) is 0 Å². The van der Waals surface area contributed by atoms with Crippen molar-refractivity contribution in [3.63, 3.8) is 0 Å². The molecule has 0 amide bonds. The summed E-state index contributed by atoms with van der Waals surface area (Å²) in [6.07, 6.45) is -2.28. The SMILES string of the molecule is CC1=CCC(=O)C(C(F)(F)F)=C1. The lowest BCUT2D eigenvalue weighted by Gasteiger charge is -2.13. The van der Waals surface area contributed by atoms with E-state index in [2.05, 4.69) is 0 Å². The van der Waals surface area contributed by atoms with Crippen molar-refractivity contribution in [3.8, 4) is 0 Å². The normalized spacial score (nSPS) is 18.8. The molecule has 1 aliphatic carbocycles. The van der Waals surface area contributed by atoms with Gasteiger partial charge in [0.05, 0.1) is 5.57 Å². The van der Waals surface area contributed by atoms with E-state index in [1.54, 1.807) is 0 Å². The second kappa shape index (κ2) is 2.77. The maximum atomic E-state index is 12.0. The van der Waals surface area contributed by atoms with Crippen molar-refractivity contribution in [2.24, 2.45) is 0 Å². The number of hydrogen-bond acceptors (Lipinski definition) is 1. The maximum absolute atomic E-state index is 12.0. The van der Waals surface area contributed by atoms with Gasteiger partial charge in [-0.05, 0) is 13.0 Å². The summed E-state index contributed by atoms with van der Waals surface area (Å²) in [6, 6.07) is 0. The quantitative estimate of drug-likeness (QED) is 0.553. The Bertz CT molecular complexity index is 271. The zero-order chi connectivity index (χ0) is 9.35. The molecule has 0 aliphatic heterocycles. The molecule has 0 unspecified atom stereocenters. The smallest absolute Gasteiger partial charge is 0.294 e. The first-order valence-electron chi connectivity index (χ1n) is 3.40. The first kappa shape index (κ1) is 9.03. The van der Waals surface area contributed by atoms with E-state index in [-0.39, 0.29) is 6.42 Å². The van der Waals surface area contributed by atoms with Gasteiger partial charge in [0.25, 0.3) is 0 Å². The van der Waals surface area contributed by atoms with E-state index in [0.717, 1.165) is 6.08 Å². The Kier molecular flexibility index (Phi) is 2.08.